The second-order valence-electron chi connectivity index (χ2n) is 7.74. The largest absolute Gasteiger partial charge is 0.324 e. The van der Waals surface area contributed by atoms with Crippen molar-refractivity contribution in [3.63, 3.8) is 0 Å². The maximum atomic E-state index is 12.8. The van der Waals surface area contributed by atoms with Gasteiger partial charge < -0.3 is 10.2 Å². The van der Waals surface area contributed by atoms with Gasteiger partial charge in [0.15, 0.2) is 0 Å². The molecule has 1 fully saturated rings. The van der Waals surface area contributed by atoms with Gasteiger partial charge >= 0.3 is 6.03 Å². The average Bonchev–Trinajstić information content (AvgIpc) is 3.43. The van der Waals surface area contributed by atoms with Gasteiger partial charge in [0.05, 0.1) is 22.8 Å². The summed E-state index contributed by atoms with van der Waals surface area (Å²) in [4.78, 5) is 32.6. The average molecular weight is 444 g/mol. The molecule has 10 heteroatoms. The van der Waals surface area contributed by atoms with Gasteiger partial charge in [0.2, 0.25) is 15.9 Å². The molecule has 4 rings (SSSR count). The molecule has 164 valence electrons. The van der Waals surface area contributed by atoms with Crippen molar-refractivity contribution in [2.75, 3.05) is 29.9 Å². The van der Waals surface area contributed by atoms with E-state index in [1.54, 1.807) is 35.4 Å². The molecule has 0 aliphatic carbocycles. The maximum Gasteiger partial charge on any atom is 0.324 e. The number of aromatic nitrogens is 1. The number of hydrogen-bond donors (Lipinski definition) is 2. The molecule has 3 amide bonds. The molecule has 1 saturated heterocycles. The van der Waals surface area contributed by atoms with E-state index in [1.807, 2.05) is 4.90 Å². The molecule has 0 bridgehead atoms. The Morgan fingerprint density at radius 2 is 1.90 bits per heavy atom. The van der Waals surface area contributed by atoms with Crippen molar-refractivity contribution in [1.82, 2.24) is 14.6 Å². The molecule has 1 atom stereocenters. The highest BCUT2D eigenvalue weighted by atomic mass is 32.2. The summed E-state index contributed by atoms with van der Waals surface area (Å²) in [5, 5.41) is 2.63. The molecule has 0 unspecified atom stereocenters. The Morgan fingerprint density at radius 1 is 1.13 bits per heavy atom. The van der Waals surface area contributed by atoms with Crippen LogP contribution < -0.4 is 14.9 Å². The zero-order valence-electron chi connectivity index (χ0n) is 17.2. The van der Waals surface area contributed by atoms with Crippen molar-refractivity contribution < 1.29 is 18.0 Å². The lowest BCUT2D eigenvalue weighted by molar-refractivity contribution is -0.117. The Labute approximate surface area is 181 Å². The standard InChI is InChI=1S/C21H25N5O4S/c1-15(20(27)23-17-5-4-9-22-14-17)24-31(29,30)18-6-7-19-16(13-18)8-12-26(19)21(28)25-10-2-3-11-25/h4-7,9,13-15,24H,2-3,8,10-12H2,1H3,(H,23,27)/t15-/m0/s1. The van der Waals surface area contributed by atoms with Gasteiger partial charge in [0.1, 0.15) is 0 Å². The van der Waals surface area contributed by atoms with Gasteiger partial charge in [-0.3, -0.25) is 14.7 Å². The second-order valence-corrected chi connectivity index (χ2v) is 9.46. The van der Waals surface area contributed by atoms with Crippen LogP contribution in [0.25, 0.3) is 0 Å². The molecule has 0 saturated carbocycles. The lowest BCUT2D eigenvalue weighted by Gasteiger charge is -2.24. The lowest BCUT2D eigenvalue weighted by Crippen LogP contribution is -2.41. The fourth-order valence-corrected chi connectivity index (χ4v) is 5.12. The molecule has 2 aromatic rings. The van der Waals surface area contributed by atoms with Gasteiger partial charge in [0, 0.05) is 31.5 Å². The first kappa shape index (κ1) is 21.3. The number of rotatable bonds is 5. The van der Waals surface area contributed by atoms with Crippen molar-refractivity contribution in [2.24, 2.45) is 0 Å². The number of nitrogens with one attached hydrogen (secondary N) is 2. The van der Waals surface area contributed by atoms with E-state index in [0.29, 0.717) is 18.7 Å². The second kappa shape index (κ2) is 8.64. The third-order valence-electron chi connectivity index (χ3n) is 5.52. The van der Waals surface area contributed by atoms with Crippen LogP contribution in [0.15, 0.2) is 47.6 Å². The van der Waals surface area contributed by atoms with E-state index in [-0.39, 0.29) is 10.9 Å². The monoisotopic (exact) mass is 443 g/mol. The minimum absolute atomic E-state index is 0.0225. The lowest BCUT2D eigenvalue weighted by atomic mass is 10.2. The van der Waals surface area contributed by atoms with Gasteiger partial charge in [-0.1, -0.05) is 0 Å². The highest BCUT2D eigenvalue weighted by molar-refractivity contribution is 7.89. The van der Waals surface area contributed by atoms with Crippen LogP contribution in [0.4, 0.5) is 16.2 Å². The van der Waals surface area contributed by atoms with Crippen molar-refractivity contribution in [2.45, 2.75) is 37.1 Å². The SMILES string of the molecule is C[C@H](NS(=O)(=O)c1ccc2c(c1)CCN2C(=O)N1CCCC1)C(=O)Nc1cccnc1. The van der Waals surface area contributed by atoms with Crippen LogP contribution in [0.1, 0.15) is 25.3 Å². The maximum absolute atomic E-state index is 12.8. The van der Waals surface area contributed by atoms with Crippen LogP contribution in [-0.2, 0) is 21.2 Å². The Kier molecular flexibility index (Phi) is 5.92. The summed E-state index contributed by atoms with van der Waals surface area (Å²) in [6.07, 6.45) is 5.68. The number of benzene rings is 1. The number of anilines is 2. The Bertz CT molecular complexity index is 1080. The van der Waals surface area contributed by atoms with Crippen LogP contribution in [0.2, 0.25) is 0 Å². The molecule has 9 nitrogen and oxygen atoms in total. The molecule has 2 N–H and O–H groups in total. The van der Waals surface area contributed by atoms with Crippen molar-refractivity contribution in [1.29, 1.82) is 0 Å². The Balaban J connectivity index is 1.45. The molecule has 3 heterocycles. The molecule has 1 aromatic heterocycles. The molecular weight excluding hydrogens is 418 g/mol. The van der Waals surface area contributed by atoms with Crippen LogP contribution in [0.5, 0.6) is 0 Å². The van der Waals surface area contributed by atoms with Crippen LogP contribution in [0.3, 0.4) is 0 Å². The minimum atomic E-state index is -3.91. The highest BCUT2D eigenvalue weighted by Gasteiger charge is 2.31. The first-order chi connectivity index (χ1) is 14.8. The van der Waals surface area contributed by atoms with E-state index >= 15 is 0 Å². The number of fused-ring (bicyclic) bond motifs is 1. The van der Waals surface area contributed by atoms with Crippen molar-refractivity contribution >= 4 is 33.3 Å². The third-order valence-corrected chi connectivity index (χ3v) is 7.06. The van der Waals surface area contributed by atoms with Gasteiger partial charge in [-0.25, -0.2) is 13.2 Å². The predicted octanol–water partition coefficient (Wildman–Crippen LogP) is 1.97. The number of carbonyl (C=O) groups excluding carboxylic acids is 2. The van der Waals surface area contributed by atoms with Crippen LogP contribution >= 0.6 is 0 Å². The molecule has 1 aromatic carbocycles. The van der Waals surface area contributed by atoms with Crippen LogP contribution in [-0.4, -0.2) is 55.9 Å². The smallest absolute Gasteiger partial charge is 0.324 e. The van der Waals surface area contributed by atoms with Crippen molar-refractivity contribution in [3.05, 3.63) is 48.3 Å². The van der Waals surface area contributed by atoms with E-state index in [0.717, 1.165) is 37.2 Å². The first-order valence-corrected chi connectivity index (χ1v) is 11.8. The molecule has 0 spiro atoms. The Morgan fingerprint density at radius 3 is 2.61 bits per heavy atom. The summed E-state index contributed by atoms with van der Waals surface area (Å²) in [7, 11) is -3.91. The number of carbonyl (C=O) groups is 2. The number of urea groups is 1. The Hall–Kier alpha value is -2.98. The zero-order valence-corrected chi connectivity index (χ0v) is 18.1. The van der Waals surface area contributed by atoms with Gasteiger partial charge in [0.25, 0.3) is 0 Å². The first-order valence-electron chi connectivity index (χ1n) is 10.3. The summed E-state index contributed by atoms with van der Waals surface area (Å²) in [5.74, 6) is -0.486. The fraction of sp³-hybridized carbons (Fsp3) is 0.381. The summed E-state index contributed by atoms with van der Waals surface area (Å²) < 4.78 is 28.1. The zero-order chi connectivity index (χ0) is 22.0. The number of amides is 3. The predicted molar refractivity (Wildman–Crippen MR) is 116 cm³/mol. The highest BCUT2D eigenvalue weighted by Crippen LogP contribution is 2.31. The minimum Gasteiger partial charge on any atom is -0.324 e. The van der Waals surface area contributed by atoms with E-state index in [2.05, 4.69) is 15.0 Å². The summed E-state index contributed by atoms with van der Waals surface area (Å²) >= 11 is 0. The topological polar surface area (TPSA) is 112 Å². The molecule has 2 aliphatic rings. The summed E-state index contributed by atoms with van der Waals surface area (Å²) in [6.45, 7) is 3.54. The number of likely N-dealkylation sites (tertiary alicyclic amines) is 1. The van der Waals surface area contributed by atoms with Crippen molar-refractivity contribution in [3.8, 4) is 0 Å². The normalized spacial score (nSPS) is 16.8. The molecule has 0 radical (unpaired) electrons. The fourth-order valence-electron chi connectivity index (χ4n) is 3.86. The van der Waals surface area contributed by atoms with E-state index < -0.39 is 22.0 Å². The third kappa shape index (κ3) is 4.54. The quantitative estimate of drug-likeness (QED) is 0.734. The van der Waals surface area contributed by atoms with E-state index in [1.165, 1.54) is 19.2 Å². The van der Waals surface area contributed by atoms with Gasteiger partial charge in [-0.15, -0.1) is 0 Å². The number of sulfonamides is 1. The number of pyridine rings is 1. The van der Waals surface area contributed by atoms with Gasteiger partial charge in [-0.05, 0) is 62.1 Å². The number of nitrogens with zero attached hydrogens (tertiary/aromatic N) is 3. The van der Waals surface area contributed by atoms with E-state index in [9.17, 15) is 18.0 Å². The van der Waals surface area contributed by atoms with Gasteiger partial charge in [-0.2, -0.15) is 4.72 Å². The molecule has 31 heavy (non-hydrogen) atoms. The van der Waals surface area contributed by atoms with E-state index in [4.69, 9.17) is 0 Å². The molecular formula is C21H25N5O4S. The number of hydrogen-bond acceptors (Lipinski definition) is 5. The summed E-state index contributed by atoms with van der Waals surface area (Å²) in [5.41, 5.74) is 2.04. The summed E-state index contributed by atoms with van der Waals surface area (Å²) in [6, 6.07) is 7.07. The molecule has 2 aliphatic heterocycles. The van der Waals surface area contributed by atoms with Crippen LogP contribution in [0, 0.1) is 0 Å².